The number of aryl methyl sites for hydroxylation is 1. The van der Waals surface area contributed by atoms with Gasteiger partial charge < -0.3 is 11.1 Å². The Morgan fingerprint density at radius 3 is 3.11 bits per heavy atom. The van der Waals surface area contributed by atoms with Crippen molar-refractivity contribution >= 4 is 17.2 Å². The van der Waals surface area contributed by atoms with Gasteiger partial charge in [-0.05, 0) is 32.2 Å². The number of nitrogens with two attached hydrogens (primary N) is 1. The highest BCUT2D eigenvalue weighted by Crippen LogP contribution is 2.30. The number of aromatic nitrogens is 1. The zero-order chi connectivity index (χ0) is 13.0. The summed E-state index contributed by atoms with van der Waals surface area (Å²) in [5.41, 5.74) is 6.76. The van der Waals surface area contributed by atoms with Gasteiger partial charge in [-0.15, -0.1) is 11.3 Å². The zero-order valence-electron chi connectivity index (χ0n) is 10.8. The number of carbonyl (C=O) groups excluding carboxylic acids is 1. The Morgan fingerprint density at radius 1 is 1.61 bits per heavy atom. The second-order valence-corrected chi connectivity index (χ2v) is 5.99. The first kappa shape index (κ1) is 13.5. The third-order valence-electron chi connectivity index (χ3n) is 3.65. The van der Waals surface area contributed by atoms with Crippen LogP contribution in [0.2, 0.25) is 0 Å². The SMILES string of the molecule is Cc1nc(CCNC(=O)[C@@H]2CCC[C@@H]2CN)cs1. The molecule has 1 amide bonds. The first-order valence-electron chi connectivity index (χ1n) is 6.59. The van der Waals surface area contributed by atoms with Crippen LogP contribution in [0.4, 0.5) is 0 Å². The number of rotatable bonds is 5. The molecule has 18 heavy (non-hydrogen) atoms. The van der Waals surface area contributed by atoms with E-state index < -0.39 is 0 Å². The van der Waals surface area contributed by atoms with Crippen molar-refractivity contribution in [2.45, 2.75) is 32.6 Å². The molecule has 1 heterocycles. The minimum absolute atomic E-state index is 0.132. The smallest absolute Gasteiger partial charge is 0.223 e. The highest BCUT2D eigenvalue weighted by atomic mass is 32.1. The maximum Gasteiger partial charge on any atom is 0.223 e. The van der Waals surface area contributed by atoms with Crippen LogP contribution in [0.3, 0.4) is 0 Å². The average Bonchev–Trinajstić information content (AvgIpc) is 2.97. The van der Waals surface area contributed by atoms with Gasteiger partial charge in [0.2, 0.25) is 5.91 Å². The predicted molar refractivity (Wildman–Crippen MR) is 73.5 cm³/mol. The fourth-order valence-corrected chi connectivity index (χ4v) is 3.28. The van der Waals surface area contributed by atoms with Crippen LogP contribution in [0.25, 0.3) is 0 Å². The fourth-order valence-electron chi connectivity index (χ4n) is 2.63. The second-order valence-electron chi connectivity index (χ2n) is 4.93. The van der Waals surface area contributed by atoms with E-state index in [9.17, 15) is 4.79 Å². The molecule has 5 heteroatoms. The lowest BCUT2D eigenvalue weighted by molar-refractivity contribution is -0.125. The number of hydrogen-bond donors (Lipinski definition) is 2. The summed E-state index contributed by atoms with van der Waals surface area (Å²) in [4.78, 5) is 16.4. The molecule has 0 unspecified atom stereocenters. The Hall–Kier alpha value is -0.940. The maximum absolute atomic E-state index is 12.0. The fraction of sp³-hybridized carbons (Fsp3) is 0.692. The molecule has 0 aliphatic heterocycles. The maximum atomic E-state index is 12.0. The Morgan fingerprint density at radius 2 is 2.44 bits per heavy atom. The summed E-state index contributed by atoms with van der Waals surface area (Å²) >= 11 is 1.65. The van der Waals surface area contributed by atoms with Gasteiger partial charge in [-0.25, -0.2) is 4.98 Å². The van der Waals surface area contributed by atoms with E-state index in [0.29, 0.717) is 19.0 Å². The Labute approximate surface area is 112 Å². The van der Waals surface area contributed by atoms with Crippen molar-refractivity contribution < 1.29 is 4.79 Å². The van der Waals surface area contributed by atoms with Gasteiger partial charge in [0.05, 0.1) is 10.7 Å². The lowest BCUT2D eigenvalue weighted by Crippen LogP contribution is -2.36. The monoisotopic (exact) mass is 267 g/mol. The molecular formula is C13H21N3OS. The summed E-state index contributed by atoms with van der Waals surface area (Å²) in [5.74, 6) is 0.689. The molecule has 0 bridgehead atoms. The second kappa shape index (κ2) is 6.29. The van der Waals surface area contributed by atoms with Crippen LogP contribution in [0, 0.1) is 18.8 Å². The molecule has 1 aliphatic rings. The highest BCUT2D eigenvalue weighted by Gasteiger charge is 2.31. The Bertz CT molecular complexity index is 405. The van der Waals surface area contributed by atoms with Crippen molar-refractivity contribution in [1.82, 2.24) is 10.3 Å². The van der Waals surface area contributed by atoms with Crippen LogP contribution in [0.1, 0.15) is 30.0 Å². The van der Waals surface area contributed by atoms with E-state index >= 15 is 0 Å². The Kier molecular flexibility index (Phi) is 4.72. The van der Waals surface area contributed by atoms with E-state index in [1.165, 1.54) is 0 Å². The highest BCUT2D eigenvalue weighted by molar-refractivity contribution is 7.09. The summed E-state index contributed by atoms with van der Waals surface area (Å²) in [7, 11) is 0. The van der Waals surface area contributed by atoms with E-state index in [4.69, 9.17) is 5.73 Å². The van der Waals surface area contributed by atoms with Crippen LogP contribution in [-0.2, 0) is 11.2 Å². The van der Waals surface area contributed by atoms with Crippen molar-refractivity contribution in [3.8, 4) is 0 Å². The molecular weight excluding hydrogens is 246 g/mol. The van der Waals surface area contributed by atoms with Gasteiger partial charge in [0.15, 0.2) is 0 Å². The number of carbonyl (C=O) groups is 1. The predicted octanol–water partition coefficient (Wildman–Crippen LogP) is 1.49. The van der Waals surface area contributed by atoms with Gasteiger partial charge in [0.1, 0.15) is 0 Å². The number of hydrogen-bond acceptors (Lipinski definition) is 4. The van der Waals surface area contributed by atoms with Crippen molar-refractivity contribution in [2.75, 3.05) is 13.1 Å². The third-order valence-corrected chi connectivity index (χ3v) is 4.47. The van der Waals surface area contributed by atoms with E-state index in [1.54, 1.807) is 11.3 Å². The first-order valence-corrected chi connectivity index (χ1v) is 7.47. The van der Waals surface area contributed by atoms with Gasteiger partial charge in [0.25, 0.3) is 0 Å². The first-order chi connectivity index (χ1) is 8.70. The van der Waals surface area contributed by atoms with E-state index in [0.717, 1.165) is 36.4 Å². The largest absolute Gasteiger partial charge is 0.355 e. The summed E-state index contributed by atoms with van der Waals surface area (Å²) in [5, 5.41) is 6.15. The number of thiazole rings is 1. The van der Waals surface area contributed by atoms with Crippen molar-refractivity contribution in [3.05, 3.63) is 16.1 Å². The summed E-state index contributed by atoms with van der Waals surface area (Å²) in [6.45, 7) is 3.30. The van der Waals surface area contributed by atoms with E-state index in [2.05, 4.69) is 15.7 Å². The molecule has 0 radical (unpaired) electrons. The molecule has 0 spiro atoms. The molecule has 2 rings (SSSR count). The standard InChI is InChI=1S/C13H21N3OS/c1-9-16-11(8-18-9)5-6-15-13(17)12-4-2-3-10(12)7-14/h8,10,12H,2-7,14H2,1H3,(H,15,17)/t10-,12-/m1/s1. The minimum Gasteiger partial charge on any atom is -0.355 e. The number of nitrogens with zero attached hydrogens (tertiary/aromatic N) is 1. The normalized spacial score (nSPS) is 23.2. The summed E-state index contributed by atoms with van der Waals surface area (Å²) < 4.78 is 0. The summed E-state index contributed by atoms with van der Waals surface area (Å²) in [6, 6.07) is 0. The molecule has 100 valence electrons. The molecule has 1 fully saturated rings. The average molecular weight is 267 g/mol. The number of amides is 1. The summed E-state index contributed by atoms with van der Waals surface area (Å²) in [6.07, 6.45) is 4.03. The van der Waals surface area contributed by atoms with Crippen LogP contribution < -0.4 is 11.1 Å². The Balaban J connectivity index is 1.74. The van der Waals surface area contributed by atoms with E-state index in [-0.39, 0.29) is 11.8 Å². The van der Waals surface area contributed by atoms with Crippen LogP contribution in [0.15, 0.2) is 5.38 Å². The topological polar surface area (TPSA) is 68.0 Å². The van der Waals surface area contributed by atoms with Gasteiger partial charge in [-0.2, -0.15) is 0 Å². The third kappa shape index (κ3) is 3.29. The number of nitrogens with one attached hydrogen (secondary N) is 1. The van der Waals surface area contributed by atoms with Gasteiger partial charge >= 0.3 is 0 Å². The lowest BCUT2D eigenvalue weighted by Gasteiger charge is -2.17. The molecule has 1 aliphatic carbocycles. The zero-order valence-corrected chi connectivity index (χ0v) is 11.6. The lowest BCUT2D eigenvalue weighted by atomic mass is 9.95. The molecule has 0 saturated heterocycles. The molecule has 0 aromatic carbocycles. The molecule has 2 atom stereocenters. The van der Waals surface area contributed by atoms with Gasteiger partial charge in [-0.1, -0.05) is 6.42 Å². The van der Waals surface area contributed by atoms with Crippen LogP contribution >= 0.6 is 11.3 Å². The molecule has 1 aromatic heterocycles. The van der Waals surface area contributed by atoms with Crippen molar-refractivity contribution in [1.29, 1.82) is 0 Å². The molecule has 4 nitrogen and oxygen atoms in total. The van der Waals surface area contributed by atoms with Gasteiger partial charge in [0, 0.05) is 24.3 Å². The molecule has 1 aromatic rings. The van der Waals surface area contributed by atoms with Crippen molar-refractivity contribution in [2.24, 2.45) is 17.6 Å². The van der Waals surface area contributed by atoms with E-state index in [1.807, 2.05) is 6.92 Å². The molecule has 3 N–H and O–H groups in total. The van der Waals surface area contributed by atoms with Gasteiger partial charge in [-0.3, -0.25) is 4.79 Å². The quantitative estimate of drug-likeness (QED) is 0.849. The van der Waals surface area contributed by atoms with Crippen LogP contribution in [0.5, 0.6) is 0 Å². The van der Waals surface area contributed by atoms with Crippen molar-refractivity contribution in [3.63, 3.8) is 0 Å². The molecule has 1 saturated carbocycles. The van der Waals surface area contributed by atoms with Crippen LogP contribution in [-0.4, -0.2) is 24.0 Å². The minimum atomic E-state index is 0.132.